The molecule has 1 atom stereocenters. The molecule has 0 aromatic carbocycles. The second kappa shape index (κ2) is 6.02. The molecule has 0 amide bonds. The van der Waals surface area contributed by atoms with Crippen molar-refractivity contribution in [3.8, 4) is 0 Å². The number of rotatable bonds is 4. The molecule has 0 aromatic rings. The molecule has 0 spiro atoms. The van der Waals surface area contributed by atoms with E-state index in [1.807, 2.05) is 6.92 Å². The summed E-state index contributed by atoms with van der Waals surface area (Å²) in [5, 5.41) is 0. The minimum Gasteiger partial charge on any atom is -0.466 e. The summed E-state index contributed by atoms with van der Waals surface area (Å²) in [6.45, 7) is 6.73. The number of likely N-dealkylation sites (tertiary alicyclic amines) is 1. The monoisotopic (exact) mass is 199 g/mol. The Kier molecular flexibility index (Phi) is 4.94. The van der Waals surface area contributed by atoms with E-state index in [0.29, 0.717) is 19.1 Å². The predicted octanol–water partition coefficient (Wildman–Crippen LogP) is 1.81. The van der Waals surface area contributed by atoms with Crippen LogP contribution in [0, 0.1) is 0 Å². The van der Waals surface area contributed by atoms with Gasteiger partial charge in [0.05, 0.1) is 13.0 Å². The fourth-order valence-corrected chi connectivity index (χ4v) is 1.95. The fourth-order valence-electron chi connectivity index (χ4n) is 1.95. The van der Waals surface area contributed by atoms with Gasteiger partial charge in [0.1, 0.15) is 0 Å². The maximum atomic E-state index is 11.2. The van der Waals surface area contributed by atoms with Crippen LogP contribution < -0.4 is 0 Å². The molecule has 0 saturated carbocycles. The lowest BCUT2D eigenvalue weighted by atomic mass is 10.1. The van der Waals surface area contributed by atoms with Crippen LogP contribution in [0.25, 0.3) is 0 Å². The molecule has 0 N–H and O–H groups in total. The summed E-state index contributed by atoms with van der Waals surface area (Å²) in [6.07, 6.45) is 4.41. The van der Waals surface area contributed by atoms with Gasteiger partial charge in [-0.2, -0.15) is 0 Å². The largest absolute Gasteiger partial charge is 0.466 e. The lowest BCUT2D eigenvalue weighted by Gasteiger charge is -2.31. The molecule has 1 unspecified atom stereocenters. The zero-order chi connectivity index (χ0) is 10.4. The van der Waals surface area contributed by atoms with Crippen LogP contribution in [0.5, 0.6) is 0 Å². The van der Waals surface area contributed by atoms with E-state index < -0.39 is 0 Å². The third-order valence-electron chi connectivity index (χ3n) is 2.78. The first-order chi connectivity index (χ1) is 6.74. The Bertz CT molecular complexity index is 176. The minimum atomic E-state index is -0.0643. The van der Waals surface area contributed by atoms with Crippen LogP contribution in [0.2, 0.25) is 0 Å². The van der Waals surface area contributed by atoms with Crippen molar-refractivity contribution in [1.29, 1.82) is 0 Å². The average Bonchev–Trinajstić information content (AvgIpc) is 2.19. The van der Waals surface area contributed by atoms with Crippen molar-refractivity contribution < 1.29 is 9.53 Å². The van der Waals surface area contributed by atoms with E-state index in [1.54, 1.807) is 0 Å². The summed E-state index contributed by atoms with van der Waals surface area (Å²) in [6, 6.07) is 0.342. The lowest BCUT2D eigenvalue weighted by molar-refractivity contribution is -0.144. The molecule has 1 fully saturated rings. The van der Waals surface area contributed by atoms with E-state index >= 15 is 0 Å². The molecule has 14 heavy (non-hydrogen) atoms. The van der Waals surface area contributed by atoms with Gasteiger partial charge in [0.2, 0.25) is 0 Å². The highest BCUT2D eigenvalue weighted by atomic mass is 16.5. The Morgan fingerprint density at radius 3 is 2.57 bits per heavy atom. The van der Waals surface area contributed by atoms with Gasteiger partial charge in [0, 0.05) is 6.04 Å². The van der Waals surface area contributed by atoms with Crippen molar-refractivity contribution in [2.24, 2.45) is 0 Å². The summed E-state index contributed by atoms with van der Waals surface area (Å²) >= 11 is 0. The molecular weight excluding hydrogens is 178 g/mol. The van der Waals surface area contributed by atoms with Crippen LogP contribution in [0.4, 0.5) is 0 Å². The van der Waals surface area contributed by atoms with E-state index in [4.69, 9.17) is 4.74 Å². The molecule has 1 aliphatic heterocycles. The molecule has 0 bridgehead atoms. The summed E-state index contributed by atoms with van der Waals surface area (Å²) in [7, 11) is 0. The van der Waals surface area contributed by atoms with Gasteiger partial charge in [-0.3, -0.25) is 4.79 Å². The molecular formula is C11H21NO2. The maximum absolute atomic E-state index is 11.2. The topological polar surface area (TPSA) is 29.5 Å². The zero-order valence-electron chi connectivity index (χ0n) is 9.29. The van der Waals surface area contributed by atoms with E-state index in [2.05, 4.69) is 11.8 Å². The molecule has 0 radical (unpaired) electrons. The van der Waals surface area contributed by atoms with Crippen molar-refractivity contribution in [2.45, 2.75) is 45.6 Å². The van der Waals surface area contributed by atoms with Crippen molar-refractivity contribution in [3.63, 3.8) is 0 Å². The van der Waals surface area contributed by atoms with Crippen LogP contribution in [-0.2, 0) is 9.53 Å². The Labute approximate surface area is 86.4 Å². The normalized spacial score (nSPS) is 20.4. The first-order valence-corrected chi connectivity index (χ1v) is 5.63. The number of hydrogen-bond donors (Lipinski definition) is 0. The van der Waals surface area contributed by atoms with Gasteiger partial charge in [-0.05, 0) is 39.8 Å². The highest BCUT2D eigenvalue weighted by Gasteiger charge is 2.19. The van der Waals surface area contributed by atoms with Crippen molar-refractivity contribution >= 4 is 5.97 Å². The Morgan fingerprint density at radius 1 is 1.36 bits per heavy atom. The molecule has 0 aromatic heterocycles. The minimum absolute atomic E-state index is 0.0643. The van der Waals surface area contributed by atoms with Crippen LogP contribution in [0.15, 0.2) is 0 Å². The number of piperidine rings is 1. The average molecular weight is 199 g/mol. The third-order valence-corrected chi connectivity index (χ3v) is 2.78. The van der Waals surface area contributed by atoms with Gasteiger partial charge in [0.15, 0.2) is 0 Å². The SMILES string of the molecule is CCOC(=O)CC(C)N1CCCCC1. The second-order valence-corrected chi connectivity index (χ2v) is 3.95. The molecule has 3 heteroatoms. The van der Waals surface area contributed by atoms with Crippen LogP contribution in [0.3, 0.4) is 0 Å². The van der Waals surface area contributed by atoms with Gasteiger partial charge >= 0.3 is 5.97 Å². The van der Waals surface area contributed by atoms with Gasteiger partial charge in [-0.15, -0.1) is 0 Å². The molecule has 1 saturated heterocycles. The van der Waals surface area contributed by atoms with Crippen LogP contribution >= 0.6 is 0 Å². The van der Waals surface area contributed by atoms with E-state index in [1.165, 1.54) is 19.3 Å². The smallest absolute Gasteiger partial charge is 0.307 e. The number of carbonyl (C=O) groups is 1. The summed E-state index contributed by atoms with van der Waals surface area (Å²) in [5.74, 6) is -0.0643. The highest BCUT2D eigenvalue weighted by molar-refractivity contribution is 5.70. The van der Waals surface area contributed by atoms with Crippen molar-refractivity contribution in [1.82, 2.24) is 4.90 Å². The van der Waals surface area contributed by atoms with Gasteiger partial charge < -0.3 is 9.64 Å². The molecule has 1 heterocycles. The lowest BCUT2D eigenvalue weighted by Crippen LogP contribution is -2.38. The summed E-state index contributed by atoms with van der Waals surface area (Å²) < 4.78 is 4.94. The van der Waals surface area contributed by atoms with Gasteiger partial charge in [0.25, 0.3) is 0 Å². The first-order valence-electron chi connectivity index (χ1n) is 5.63. The predicted molar refractivity (Wildman–Crippen MR) is 56.1 cm³/mol. The number of esters is 1. The number of hydrogen-bond acceptors (Lipinski definition) is 3. The van der Waals surface area contributed by atoms with Gasteiger partial charge in [-0.1, -0.05) is 6.42 Å². The molecule has 82 valence electrons. The standard InChI is InChI=1S/C11H21NO2/c1-3-14-11(13)9-10(2)12-7-5-4-6-8-12/h10H,3-9H2,1-2H3. The number of ether oxygens (including phenoxy) is 1. The van der Waals surface area contributed by atoms with Crippen molar-refractivity contribution in [3.05, 3.63) is 0 Å². The quantitative estimate of drug-likeness (QED) is 0.647. The highest BCUT2D eigenvalue weighted by Crippen LogP contribution is 2.14. The molecule has 3 nitrogen and oxygen atoms in total. The molecule has 0 aliphatic carbocycles. The van der Waals surface area contributed by atoms with Crippen molar-refractivity contribution in [2.75, 3.05) is 19.7 Å². The second-order valence-electron chi connectivity index (χ2n) is 3.95. The van der Waals surface area contributed by atoms with E-state index in [9.17, 15) is 4.79 Å². The third kappa shape index (κ3) is 3.66. The van der Waals surface area contributed by atoms with Gasteiger partial charge in [-0.25, -0.2) is 0 Å². The van der Waals surface area contributed by atoms with E-state index in [0.717, 1.165) is 13.1 Å². The van der Waals surface area contributed by atoms with Crippen LogP contribution in [0.1, 0.15) is 39.5 Å². The summed E-state index contributed by atoms with van der Waals surface area (Å²) in [5.41, 5.74) is 0. The number of carbonyl (C=O) groups excluding carboxylic acids is 1. The molecule has 1 rings (SSSR count). The zero-order valence-corrected chi connectivity index (χ0v) is 9.29. The van der Waals surface area contributed by atoms with E-state index in [-0.39, 0.29) is 5.97 Å². The Hall–Kier alpha value is -0.570. The van der Waals surface area contributed by atoms with Crippen LogP contribution in [-0.4, -0.2) is 36.6 Å². The maximum Gasteiger partial charge on any atom is 0.307 e. The Morgan fingerprint density at radius 2 is 2.00 bits per heavy atom. The fraction of sp³-hybridized carbons (Fsp3) is 0.909. The summed E-state index contributed by atoms with van der Waals surface area (Å²) in [4.78, 5) is 13.6. The Balaban J connectivity index is 2.25. The number of nitrogens with zero attached hydrogens (tertiary/aromatic N) is 1. The molecule has 1 aliphatic rings. The first kappa shape index (κ1) is 11.5.